The van der Waals surface area contributed by atoms with Crippen LogP contribution in [0.15, 0.2) is 0 Å². The molecular formula is C19H25I2N3O9. The first kappa shape index (κ1) is 29.4. The number of rotatable bonds is 11. The van der Waals surface area contributed by atoms with Crippen LogP contribution < -0.4 is 16.0 Å². The summed E-state index contributed by atoms with van der Waals surface area (Å²) in [6, 6.07) is 0. The van der Waals surface area contributed by atoms with Gasteiger partial charge in [0, 0.05) is 20.0 Å². The second-order valence-electron chi connectivity index (χ2n) is 6.80. The number of nitrogens with one attached hydrogen (secondary N) is 3. The minimum atomic E-state index is -1.19. The molecule has 2 unspecified atom stereocenters. The quantitative estimate of drug-likeness (QED) is 0.111. The minimum Gasteiger partial charge on any atom is -0.456 e. The van der Waals surface area contributed by atoms with Crippen molar-refractivity contribution in [2.45, 2.75) is 26.1 Å². The lowest BCUT2D eigenvalue weighted by molar-refractivity contribution is -0.144. The summed E-state index contributed by atoms with van der Waals surface area (Å²) in [6.07, 6.45) is -2.39. The first-order valence-corrected chi connectivity index (χ1v) is 11.7. The predicted molar refractivity (Wildman–Crippen MR) is 133 cm³/mol. The molecule has 0 saturated heterocycles. The Bertz CT molecular complexity index is 858. The lowest BCUT2D eigenvalue weighted by atomic mass is 9.99. The smallest absolute Gasteiger partial charge is 0.303 e. The number of hydrogen-bond donors (Lipinski definition) is 7. The van der Waals surface area contributed by atoms with Gasteiger partial charge < -0.3 is 41.1 Å². The summed E-state index contributed by atoms with van der Waals surface area (Å²) in [4.78, 5) is 49.0. The van der Waals surface area contributed by atoms with Gasteiger partial charge in [0.2, 0.25) is 0 Å². The highest BCUT2D eigenvalue weighted by Crippen LogP contribution is 2.34. The van der Waals surface area contributed by atoms with Crippen molar-refractivity contribution in [2.75, 3.05) is 38.2 Å². The molecule has 0 aromatic heterocycles. The molecule has 184 valence electrons. The highest BCUT2D eigenvalue weighted by Gasteiger charge is 2.28. The van der Waals surface area contributed by atoms with Crippen molar-refractivity contribution in [1.82, 2.24) is 10.6 Å². The largest absolute Gasteiger partial charge is 0.456 e. The van der Waals surface area contributed by atoms with Gasteiger partial charge in [-0.05, 0) is 57.7 Å². The van der Waals surface area contributed by atoms with E-state index in [4.69, 9.17) is 10.2 Å². The second kappa shape index (κ2) is 14.0. The summed E-state index contributed by atoms with van der Waals surface area (Å²) < 4.78 is 5.24. The van der Waals surface area contributed by atoms with E-state index in [9.17, 15) is 29.4 Å². The van der Waals surface area contributed by atoms with E-state index in [-0.39, 0.29) is 42.6 Å². The van der Waals surface area contributed by atoms with Crippen molar-refractivity contribution in [1.29, 1.82) is 0 Å². The Hall–Kier alpha value is -1.60. The normalized spacial score (nSPS) is 12.5. The van der Waals surface area contributed by atoms with Crippen LogP contribution >= 0.6 is 45.2 Å². The van der Waals surface area contributed by atoms with Gasteiger partial charge in [-0.15, -0.1) is 0 Å². The van der Waals surface area contributed by atoms with Crippen LogP contribution in [0.2, 0.25) is 0 Å². The standard InChI is InChI=1S/C19H25I2N3O9/c1-8-13(18(31)22-3-10(28)5-25)15(20)17(24-12(30)7-33-9(2)27)16(21)14(8)19(32)23-4-11(29)6-26/h10-11,25-26,28-29H,3-7H2,1-2H3,(H,22,31)(H,23,32)(H,24,30). The van der Waals surface area contributed by atoms with Gasteiger partial charge in [-0.3, -0.25) is 19.2 Å². The van der Waals surface area contributed by atoms with Gasteiger partial charge in [0.25, 0.3) is 17.7 Å². The minimum absolute atomic E-state index is 0.0387. The fraction of sp³-hybridized carbons (Fsp3) is 0.474. The molecule has 0 aliphatic rings. The number of anilines is 1. The third kappa shape index (κ3) is 8.60. The average molecular weight is 693 g/mol. The van der Waals surface area contributed by atoms with Crippen LogP contribution in [-0.4, -0.2) is 89.2 Å². The summed E-state index contributed by atoms with van der Waals surface area (Å²) in [7, 11) is 0. The Morgan fingerprint density at radius 3 is 1.70 bits per heavy atom. The fourth-order valence-corrected chi connectivity index (χ4v) is 5.14. The Kier molecular flexibility index (Phi) is 12.4. The summed E-state index contributed by atoms with van der Waals surface area (Å²) in [6.45, 7) is 0.430. The molecule has 0 spiro atoms. The molecule has 1 aromatic rings. The highest BCUT2D eigenvalue weighted by atomic mass is 127. The summed E-state index contributed by atoms with van der Waals surface area (Å²) in [5, 5.41) is 44.4. The number of carbonyl (C=O) groups is 4. The van der Waals surface area contributed by atoms with E-state index < -0.39 is 55.7 Å². The molecule has 1 aromatic carbocycles. The van der Waals surface area contributed by atoms with E-state index in [0.29, 0.717) is 0 Å². The van der Waals surface area contributed by atoms with E-state index in [2.05, 4.69) is 20.7 Å². The van der Waals surface area contributed by atoms with E-state index in [1.54, 1.807) is 0 Å². The average Bonchev–Trinajstić information content (AvgIpc) is 2.76. The Labute approximate surface area is 216 Å². The maximum Gasteiger partial charge on any atom is 0.303 e. The summed E-state index contributed by atoms with van der Waals surface area (Å²) in [5.74, 6) is -2.70. The molecule has 0 heterocycles. The molecule has 1 rings (SSSR count). The summed E-state index contributed by atoms with van der Waals surface area (Å²) >= 11 is 3.64. The number of esters is 1. The molecule has 0 saturated carbocycles. The van der Waals surface area contributed by atoms with Gasteiger partial charge in [0.15, 0.2) is 6.61 Å². The first-order valence-electron chi connectivity index (χ1n) is 9.53. The molecule has 0 radical (unpaired) electrons. The second-order valence-corrected chi connectivity index (χ2v) is 8.96. The van der Waals surface area contributed by atoms with Crippen molar-refractivity contribution in [3.63, 3.8) is 0 Å². The molecule has 33 heavy (non-hydrogen) atoms. The first-order chi connectivity index (χ1) is 15.4. The fourth-order valence-electron chi connectivity index (χ4n) is 2.52. The van der Waals surface area contributed by atoms with E-state index in [0.717, 1.165) is 6.92 Å². The van der Waals surface area contributed by atoms with Gasteiger partial charge in [0.1, 0.15) is 0 Å². The van der Waals surface area contributed by atoms with Gasteiger partial charge in [-0.1, -0.05) is 0 Å². The molecule has 2 atom stereocenters. The van der Waals surface area contributed by atoms with Crippen molar-refractivity contribution in [2.24, 2.45) is 0 Å². The lowest BCUT2D eigenvalue weighted by Gasteiger charge is -2.21. The number of carbonyl (C=O) groups excluding carboxylic acids is 4. The van der Waals surface area contributed by atoms with Crippen LogP contribution in [0, 0.1) is 14.1 Å². The maximum absolute atomic E-state index is 12.9. The van der Waals surface area contributed by atoms with Crippen LogP contribution in [0.4, 0.5) is 5.69 Å². The molecular weight excluding hydrogens is 668 g/mol. The summed E-state index contributed by atoms with van der Waals surface area (Å²) in [5.41, 5.74) is 0.460. The van der Waals surface area contributed by atoms with Crippen molar-refractivity contribution in [3.8, 4) is 0 Å². The third-order valence-electron chi connectivity index (χ3n) is 4.17. The zero-order valence-corrected chi connectivity index (χ0v) is 22.1. The van der Waals surface area contributed by atoms with E-state index in [1.165, 1.54) is 6.92 Å². The third-order valence-corrected chi connectivity index (χ3v) is 6.33. The van der Waals surface area contributed by atoms with Gasteiger partial charge in [-0.25, -0.2) is 0 Å². The number of benzene rings is 1. The van der Waals surface area contributed by atoms with Crippen molar-refractivity contribution < 1.29 is 44.3 Å². The van der Waals surface area contributed by atoms with Crippen LogP contribution in [0.3, 0.4) is 0 Å². The van der Waals surface area contributed by atoms with Gasteiger partial charge in [0.05, 0.1) is 49.4 Å². The molecule has 0 bridgehead atoms. The van der Waals surface area contributed by atoms with Crippen LogP contribution in [0.5, 0.6) is 0 Å². The highest BCUT2D eigenvalue weighted by molar-refractivity contribution is 14.1. The molecule has 14 heteroatoms. The number of ether oxygens (including phenoxy) is 1. The van der Waals surface area contributed by atoms with Crippen LogP contribution in [0.1, 0.15) is 33.2 Å². The zero-order chi connectivity index (χ0) is 25.3. The molecule has 3 amide bonds. The monoisotopic (exact) mass is 693 g/mol. The van der Waals surface area contributed by atoms with Gasteiger partial charge >= 0.3 is 5.97 Å². The Balaban J connectivity index is 3.47. The molecule has 0 fully saturated rings. The maximum atomic E-state index is 12.9. The molecule has 12 nitrogen and oxygen atoms in total. The predicted octanol–water partition coefficient (Wildman–Crippen LogP) is -1.13. The number of amides is 3. The lowest BCUT2D eigenvalue weighted by Crippen LogP contribution is -2.37. The van der Waals surface area contributed by atoms with Crippen molar-refractivity contribution in [3.05, 3.63) is 23.8 Å². The number of aliphatic hydroxyl groups is 4. The van der Waals surface area contributed by atoms with Gasteiger partial charge in [-0.2, -0.15) is 0 Å². The topological polar surface area (TPSA) is 195 Å². The molecule has 0 aliphatic carbocycles. The van der Waals surface area contributed by atoms with Crippen molar-refractivity contribution >= 4 is 74.6 Å². The van der Waals surface area contributed by atoms with Crippen LogP contribution in [0.25, 0.3) is 0 Å². The van der Waals surface area contributed by atoms with E-state index in [1.807, 2.05) is 45.2 Å². The molecule has 0 aliphatic heterocycles. The van der Waals surface area contributed by atoms with E-state index >= 15 is 0 Å². The Morgan fingerprint density at radius 1 is 0.909 bits per heavy atom. The SMILES string of the molecule is CC(=O)OCC(=O)Nc1c(I)c(C(=O)NCC(O)CO)c(C)c(C(=O)NCC(O)CO)c1I. The number of hydrogen-bond acceptors (Lipinski definition) is 9. The van der Waals surface area contributed by atoms with Crippen LogP contribution in [-0.2, 0) is 14.3 Å². The zero-order valence-electron chi connectivity index (χ0n) is 17.8. The Morgan fingerprint density at radius 2 is 1.33 bits per heavy atom. The number of aliphatic hydroxyl groups excluding tert-OH is 4. The molecule has 7 N–H and O–H groups in total. The number of halogens is 2.